The van der Waals surface area contributed by atoms with Crippen molar-refractivity contribution in [2.75, 3.05) is 5.32 Å². The number of nitriles is 1. The Morgan fingerprint density at radius 1 is 1.26 bits per heavy atom. The summed E-state index contributed by atoms with van der Waals surface area (Å²) in [7, 11) is 0. The molecule has 0 aliphatic heterocycles. The summed E-state index contributed by atoms with van der Waals surface area (Å²) < 4.78 is 0. The maximum atomic E-state index is 12.0. The summed E-state index contributed by atoms with van der Waals surface area (Å²) in [6.45, 7) is 3.54. The van der Waals surface area contributed by atoms with Crippen LogP contribution in [0.3, 0.4) is 0 Å². The zero-order chi connectivity index (χ0) is 13.8. The summed E-state index contributed by atoms with van der Waals surface area (Å²) in [5.41, 5.74) is 2.26. The number of hydrogen-bond acceptors (Lipinski definition) is 4. The Balaban J connectivity index is 2.18. The van der Waals surface area contributed by atoms with Crippen LogP contribution < -0.4 is 5.32 Å². The van der Waals surface area contributed by atoms with Crippen molar-refractivity contribution in [2.45, 2.75) is 13.8 Å². The zero-order valence-corrected chi connectivity index (χ0v) is 10.6. The van der Waals surface area contributed by atoms with Gasteiger partial charge in [-0.2, -0.15) is 5.26 Å². The van der Waals surface area contributed by atoms with Gasteiger partial charge in [-0.25, -0.2) is 9.97 Å². The molecule has 0 saturated carbocycles. The Kier molecular flexibility index (Phi) is 3.53. The number of carbonyl (C=O) groups excluding carboxylic acids is 1. The lowest BCUT2D eigenvalue weighted by Crippen LogP contribution is -2.15. The lowest BCUT2D eigenvalue weighted by Gasteiger charge is -2.07. The van der Waals surface area contributed by atoms with Crippen molar-refractivity contribution in [2.24, 2.45) is 0 Å². The largest absolute Gasteiger partial charge is 0.322 e. The highest BCUT2D eigenvalue weighted by atomic mass is 16.1. The van der Waals surface area contributed by atoms with Crippen LogP contribution in [-0.2, 0) is 0 Å². The quantitative estimate of drug-likeness (QED) is 0.888. The molecule has 0 atom stereocenters. The van der Waals surface area contributed by atoms with Gasteiger partial charge in [0.2, 0.25) is 0 Å². The molecule has 0 aliphatic carbocycles. The van der Waals surface area contributed by atoms with Gasteiger partial charge in [-0.15, -0.1) is 0 Å². The monoisotopic (exact) mass is 252 g/mol. The van der Waals surface area contributed by atoms with Crippen LogP contribution >= 0.6 is 0 Å². The molecule has 2 aromatic rings. The second kappa shape index (κ2) is 5.27. The van der Waals surface area contributed by atoms with E-state index >= 15 is 0 Å². The summed E-state index contributed by atoms with van der Waals surface area (Å²) in [6.07, 6.45) is 1.51. The minimum Gasteiger partial charge on any atom is -0.322 e. The van der Waals surface area contributed by atoms with Gasteiger partial charge in [0.15, 0.2) is 0 Å². The number of aromatic nitrogens is 2. The molecule has 19 heavy (non-hydrogen) atoms. The number of nitrogens with zero attached hydrogens (tertiary/aromatic N) is 3. The smallest absolute Gasteiger partial charge is 0.259 e. The summed E-state index contributed by atoms with van der Waals surface area (Å²) in [4.78, 5) is 20.2. The standard InChI is InChI=1S/C14H12N4O/c1-9-13(8-16-10(2)17-9)14(19)18-12-5-3-11(7-15)4-6-12/h3-6,8H,1-2H3,(H,18,19). The van der Waals surface area contributed by atoms with Crippen LogP contribution in [0.2, 0.25) is 0 Å². The van der Waals surface area contributed by atoms with Gasteiger partial charge in [0.05, 0.1) is 22.9 Å². The fraction of sp³-hybridized carbons (Fsp3) is 0.143. The van der Waals surface area contributed by atoms with E-state index in [0.717, 1.165) is 0 Å². The van der Waals surface area contributed by atoms with Gasteiger partial charge in [-0.05, 0) is 38.1 Å². The fourth-order valence-corrected chi connectivity index (χ4v) is 1.63. The van der Waals surface area contributed by atoms with Gasteiger partial charge in [0.1, 0.15) is 5.82 Å². The van der Waals surface area contributed by atoms with Crippen LogP contribution in [0, 0.1) is 25.2 Å². The molecule has 0 unspecified atom stereocenters. The normalized spacial score (nSPS) is 9.74. The van der Waals surface area contributed by atoms with E-state index in [2.05, 4.69) is 15.3 Å². The predicted molar refractivity (Wildman–Crippen MR) is 70.6 cm³/mol. The molecule has 1 aromatic carbocycles. The fourth-order valence-electron chi connectivity index (χ4n) is 1.63. The van der Waals surface area contributed by atoms with Gasteiger partial charge >= 0.3 is 0 Å². The van der Waals surface area contributed by atoms with E-state index in [4.69, 9.17) is 5.26 Å². The third-order valence-corrected chi connectivity index (χ3v) is 2.62. The average molecular weight is 252 g/mol. The van der Waals surface area contributed by atoms with E-state index in [9.17, 15) is 4.79 Å². The van der Waals surface area contributed by atoms with Gasteiger partial charge in [0, 0.05) is 11.9 Å². The Labute approximate surface area is 110 Å². The van der Waals surface area contributed by atoms with E-state index in [1.807, 2.05) is 6.07 Å². The number of hydrogen-bond donors (Lipinski definition) is 1. The van der Waals surface area contributed by atoms with Gasteiger partial charge in [-0.1, -0.05) is 0 Å². The number of amides is 1. The van der Waals surface area contributed by atoms with E-state index in [1.165, 1.54) is 6.20 Å². The highest BCUT2D eigenvalue weighted by molar-refractivity contribution is 6.04. The van der Waals surface area contributed by atoms with Crippen molar-refractivity contribution >= 4 is 11.6 Å². The highest BCUT2D eigenvalue weighted by Crippen LogP contribution is 2.12. The van der Waals surface area contributed by atoms with Crippen molar-refractivity contribution in [3.8, 4) is 6.07 Å². The molecule has 0 fully saturated rings. The summed E-state index contributed by atoms with van der Waals surface area (Å²) in [5, 5.41) is 11.4. The van der Waals surface area contributed by atoms with Crippen LogP contribution in [0.1, 0.15) is 27.4 Å². The molecule has 5 heteroatoms. The number of aryl methyl sites for hydroxylation is 2. The molecule has 5 nitrogen and oxygen atoms in total. The third kappa shape index (κ3) is 2.93. The average Bonchev–Trinajstić information content (AvgIpc) is 2.39. The molecule has 0 aliphatic rings. The second-order valence-corrected chi connectivity index (χ2v) is 4.06. The minimum absolute atomic E-state index is 0.262. The summed E-state index contributed by atoms with van der Waals surface area (Å²) >= 11 is 0. The zero-order valence-electron chi connectivity index (χ0n) is 10.6. The van der Waals surface area contributed by atoms with E-state index < -0.39 is 0 Å². The van der Waals surface area contributed by atoms with Crippen LogP contribution in [0.15, 0.2) is 30.5 Å². The Hall–Kier alpha value is -2.74. The molecule has 2 rings (SSSR count). The topological polar surface area (TPSA) is 78.7 Å². The molecule has 1 N–H and O–H groups in total. The highest BCUT2D eigenvalue weighted by Gasteiger charge is 2.11. The molecule has 0 spiro atoms. The second-order valence-electron chi connectivity index (χ2n) is 4.06. The summed E-state index contributed by atoms with van der Waals surface area (Å²) in [5.74, 6) is 0.370. The first kappa shape index (κ1) is 12.7. The van der Waals surface area contributed by atoms with E-state index in [0.29, 0.717) is 28.3 Å². The first-order chi connectivity index (χ1) is 9.10. The first-order valence-electron chi connectivity index (χ1n) is 5.72. The lowest BCUT2D eigenvalue weighted by molar-refractivity contribution is 0.102. The molecule has 1 heterocycles. The van der Waals surface area contributed by atoms with Crippen molar-refractivity contribution in [3.63, 3.8) is 0 Å². The number of rotatable bonds is 2. The summed E-state index contributed by atoms with van der Waals surface area (Å²) in [6, 6.07) is 8.68. The van der Waals surface area contributed by atoms with Crippen LogP contribution in [-0.4, -0.2) is 15.9 Å². The van der Waals surface area contributed by atoms with E-state index in [-0.39, 0.29) is 5.91 Å². The molecule has 0 saturated heterocycles. The molecule has 1 aromatic heterocycles. The third-order valence-electron chi connectivity index (χ3n) is 2.62. The Morgan fingerprint density at radius 2 is 1.95 bits per heavy atom. The number of nitrogens with one attached hydrogen (secondary N) is 1. The van der Waals surface area contributed by atoms with Gasteiger partial charge in [0.25, 0.3) is 5.91 Å². The molecular formula is C14H12N4O. The Morgan fingerprint density at radius 3 is 2.53 bits per heavy atom. The van der Waals surface area contributed by atoms with Crippen LogP contribution in [0.25, 0.3) is 0 Å². The predicted octanol–water partition coefficient (Wildman–Crippen LogP) is 2.22. The molecule has 94 valence electrons. The van der Waals surface area contributed by atoms with Crippen molar-refractivity contribution in [1.82, 2.24) is 9.97 Å². The molecular weight excluding hydrogens is 240 g/mol. The lowest BCUT2D eigenvalue weighted by atomic mass is 10.2. The Bertz CT molecular complexity index is 656. The maximum Gasteiger partial charge on any atom is 0.259 e. The number of benzene rings is 1. The maximum absolute atomic E-state index is 12.0. The minimum atomic E-state index is -0.262. The van der Waals surface area contributed by atoms with Crippen molar-refractivity contribution in [1.29, 1.82) is 5.26 Å². The van der Waals surface area contributed by atoms with Crippen LogP contribution in [0.5, 0.6) is 0 Å². The number of carbonyl (C=O) groups is 1. The first-order valence-corrected chi connectivity index (χ1v) is 5.72. The van der Waals surface area contributed by atoms with Gasteiger partial charge in [-0.3, -0.25) is 4.79 Å². The van der Waals surface area contributed by atoms with Crippen molar-refractivity contribution in [3.05, 3.63) is 53.1 Å². The van der Waals surface area contributed by atoms with Gasteiger partial charge < -0.3 is 5.32 Å². The van der Waals surface area contributed by atoms with Crippen molar-refractivity contribution < 1.29 is 4.79 Å². The van der Waals surface area contributed by atoms with Crippen LogP contribution in [0.4, 0.5) is 5.69 Å². The molecule has 1 amide bonds. The molecule has 0 bridgehead atoms. The number of anilines is 1. The van der Waals surface area contributed by atoms with E-state index in [1.54, 1.807) is 38.1 Å². The SMILES string of the molecule is Cc1ncc(C(=O)Nc2ccc(C#N)cc2)c(C)n1. The molecule has 0 radical (unpaired) electrons.